The Balaban J connectivity index is 0.000000763. The van der Waals surface area contributed by atoms with Gasteiger partial charge in [-0.25, -0.2) is 4.98 Å². The molecule has 0 aromatic carbocycles. The largest absolute Gasteiger partial charge is 0.468 e. The summed E-state index contributed by atoms with van der Waals surface area (Å²) >= 11 is 0. The molecule has 0 atom stereocenters. The summed E-state index contributed by atoms with van der Waals surface area (Å²) in [4.78, 5) is 26.8. The number of methoxy groups -OCH3 is 1. The fourth-order valence-corrected chi connectivity index (χ4v) is 1.46. The fourth-order valence-electron chi connectivity index (χ4n) is 1.46. The zero-order valence-corrected chi connectivity index (χ0v) is 12.8. The molecule has 0 radical (unpaired) electrons. The average molecular weight is 326 g/mol. The summed E-state index contributed by atoms with van der Waals surface area (Å²) in [6.07, 6.45) is -2.74. The van der Waals surface area contributed by atoms with Crippen LogP contribution >= 0.6 is 0 Å². The van der Waals surface area contributed by atoms with Crippen LogP contribution < -0.4 is 5.56 Å². The normalized spacial score (nSPS) is 10.7. The number of carbonyl (C=O) groups is 1. The van der Waals surface area contributed by atoms with Crippen LogP contribution in [-0.4, -0.2) is 28.8 Å². The molecule has 22 heavy (non-hydrogen) atoms. The van der Waals surface area contributed by atoms with Crippen LogP contribution in [0.3, 0.4) is 0 Å². The van der Waals surface area contributed by atoms with Crippen molar-refractivity contribution in [3.8, 4) is 0 Å². The zero-order chi connectivity index (χ0) is 17.5. The molecule has 0 aliphatic carbocycles. The van der Waals surface area contributed by atoms with E-state index in [0.29, 0.717) is 12.2 Å². The minimum atomic E-state index is -4.00. The summed E-state index contributed by atoms with van der Waals surface area (Å²) < 4.78 is 50.0. The number of hydrogen-bond acceptors (Lipinski definition) is 4. The van der Waals surface area contributed by atoms with E-state index in [1.165, 1.54) is 14.0 Å². The number of alkyl halides is 3. The minimum Gasteiger partial charge on any atom is -0.468 e. The van der Waals surface area contributed by atoms with Crippen LogP contribution in [0.2, 0.25) is 0 Å². The van der Waals surface area contributed by atoms with Gasteiger partial charge in [-0.3, -0.25) is 14.2 Å². The van der Waals surface area contributed by atoms with E-state index in [1.807, 2.05) is 6.92 Å². The average Bonchev–Trinajstić information content (AvgIpc) is 2.39. The molecular formula is C13H18F4N2O3. The Kier molecular flexibility index (Phi) is 7.75. The first-order valence-electron chi connectivity index (χ1n) is 6.40. The van der Waals surface area contributed by atoms with Crippen LogP contribution in [0.5, 0.6) is 0 Å². The van der Waals surface area contributed by atoms with E-state index in [1.54, 1.807) is 0 Å². The number of carbonyl (C=O) groups excluding carboxylic acids is 1. The summed E-state index contributed by atoms with van der Waals surface area (Å²) in [6.45, 7) is 3.22. The molecule has 0 spiro atoms. The first-order chi connectivity index (χ1) is 10.0. The van der Waals surface area contributed by atoms with Crippen LogP contribution in [0.15, 0.2) is 4.79 Å². The topological polar surface area (TPSA) is 61.2 Å². The van der Waals surface area contributed by atoms with Crippen LogP contribution in [-0.2, 0) is 22.5 Å². The predicted molar refractivity (Wildman–Crippen MR) is 70.9 cm³/mol. The first-order valence-corrected chi connectivity index (χ1v) is 6.40. The zero-order valence-electron chi connectivity index (χ0n) is 12.8. The van der Waals surface area contributed by atoms with Crippen molar-refractivity contribution in [1.29, 1.82) is 0 Å². The molecule has 0 bridgehead atoms. The van der Waals surface area contributed by atoms with E-state index in [0.717, 1.165) is 11.0 Å². The number of hydrogen-bond donors (Lipinski definition) is 0. The third-order valence-electron chi connectivity index (χ3n) is 2.35. The van der Waals surface area contributed by atoms with Crippen LogP contribution in [0.25, 0.3) is 0 Å². The van der Waals surface area contributed by atoms with Crippen molar-refractivity contribution in [1.82, 2.24) is 9.55 Å². The maximum absolute atomic E-state index is 13.4. The number of ether oxygens (including phenoxy) is 1. The number of esters is 1. The highest BCUT2D eigenvalue weighted by Gasteiger charge is 2.16. The van der Waals surface area contributed by atoms with Gasteiger partial charge in [0.1, 0.15) is 12.4 Å². The highest BCUT2D eigenvalue weighted by Crippen LogP contribution is 2.10. The maximum Gasteiger partial charge on any atom is 0.386 e. The summed E-state index contributed by atoms with van der Waals surface area (Å²) in [7, 11) is 1.21. The van der Waals surface area contributed by atoms with E-state index >= 15 is 0 Å². The van der Waals surface area contributed by atoms with Gasteiger partial charge in [0.25, 0.3) is 5.56 Å². The molecule has 0 fully saturated rings. The second-order valence-corrected chi connectivity index (χ2v) is 4.43. The van der Waals surface area contributed by atoms with Crippen molar-refractivity contribution < 1.29 is 27.1 Å². The molecule has 9 heteroatoms. The van der Waals surface area contributed by atoms with Gasteiger partial charge >= 0.3 is 12.1 Å². The highest BCUT2D eigenvalue weighted by molar-refractivity contribution is 5.69. The monoisotopic (exact) mass is 326 g/mol. The van der Waals surface area contributed by atoms with Crippen molar-refractivity contribution in [3.63, 3.8) is 0 Å². The van der Waals surface area contributed by atoms with E-state index in [-0.39, 0.29) is 19.2 Å². The molecule has 1 rings (SSSR count). The van der Waals surface area contributed by atoms with Gasteiger partial charge in [0.05, 0.1) is 12.8 Å². The lowest BCUT2D eigenvalue weighted by Gasteiger charge is -2.11. The molecule has 126 valence electrons. The molecule has 0 amide bonds. The number of rotatable bonds is 4. The van der Waals surface area contributed by atoms with E-state index in [2.05, 4.69) is 9.72 Å². The summed E-state index contributed by atoms with van der Waals surface area (Å²) in [5.74, 6) is -1.12. The van der Waals surface area contributed by atoms with Gasteiger partial charge in [-0.05, 0) is 13.3 Å². The van der Waals surface area contributed by atoms with Gasteiger partial charge in [0, 0.05) is 13.3 Å². The minimum absolute atomic E-state index is 0.0552. The third-order valence-corrected chi connectivity index (χ3v) is 2.35. The van der Waals surface area contributed by atoms with Gasteiger partial charge in [-0.15, -0.1) is 0 Å². The van der Waals surface area contributed by atoms with Gasteiger partial charge in [0.2, 0.25) is 5.82 Å². The number of halogens is 4. The first kappa shape index (κ1) is 20.1. The summed E-state index contributed by atoms with van der Waals surface area (Å²) in [5.41, 5.74) is -0.772. The maximum atomic E-state index is 13.4. The number of nitrogens with zero attached hydrogens (tertiary/aromatic N) is 2. The Hall–Kier alpha value is -1.93. The lowest BCUT2D eigenvalue weighted by molar-refractivity contribution is -0.141. The lowest BCUT2D eigenvalue weighted by Crippen LogP contribution is -2.32. The van der Waals surface area contributed by atoms with E-state index < -0.39 is 23.5 Å². The molecule has 5 nitrogen and oxygen atoms in total. The molecule has 0 unspecified atom stereocenters. The molecule has 1 heterocycles. The second kappa shape index (κ2) is 8.50. The van der Waals surface area contributed by atoms with Gasteiger partial charge in [0.15, 0.2) is 0 Å². The van der Waals surface area contributed by atoms with Crippen LogP contribution in [0, 0.1) is 12.7 Å². The van der Waals surface area contributed by atoms with E-state index in [9.17, 15) is 27.2 Å². The van der Waals surface area contributed by atoms with Crippen molar-refractivity contribution in [2.75, 3.05) is 7.11 Å². The summed E-state index contributed by atoms with van der Waals surface area (Å²) in [5, 5.41) is 0. The standard InChI is InChI=1S/C11H15FN2O3.C2H3F3/c1-4-5-8-13-7(2)10(12)11(16)14(8)6-9(15)17-3;1-2(3,4)5/h4-6H2,1-3H3;1H3. The molecule has 0 aliphatic heterocycles. The molecule has 0 N–H and O–H groups in total. The van der Waals surface area contributed by atoms with Crippen molar-refractivity contribution in [2.24, 2.45) is 0 Å². The molecule has 0 aliphatic rings. The predicted octanol–water partition coefficient (Wildman–Crippen LogP) is 2.38. The fraction of sp³-hybridized carbons (Fsp3) is 0.615. The van der Waals surface area contributed by atoms with Crippen LogP contribution in [0.1, 0.15) is 31.8 Å². The van der Waals surface area contributed by atoms with Crippen molar-refractivity contribution in [2.45, 2.75) is 46.3 Å². The Bertz CT molecular complexity index is 562. The summed E-state index contributed by atoms with van der Waals surface area (Å²) in [6, 6.07) is 0. The van der Waals surface area contributed by atoms with Crippen LogP contribution in [0.4, 0.5) is 17.6 Å². The molecule has 1 aromatic heterocycles. The molecule has 0 saturated heterocycles. The Labute approximate surface area is 124 Å². The SMILES string of the molecule is CC(F)(F)F.CCCc1nc(C)c(F)c(=O)n1CC(=O)OC. The molecule has 0 saturated carbocycles. The van der Waals surface area contributed by atoms with Gasteiger partial charge < -0.3 is 4.74 Å². The smallest absolute Gasteiger partial charge is 0.386 e. The lowest BCUT2D eigenvalue weighted by atomic mass is 10.3. The Morgan fingerprint density at radius 2 is 1.86 bits per heavy atom. The number of aryl methyl sites for hydroxylation is 2. The quantitative estimate of drug-likeness (QED) is 0.630. The Morgan fingerprint density at radius 1 is 1.36 bits per heavy atom. The molecular weight excluding hydrogens is 308 g/mol. The van der Waals surface area contributed by atoms with Gasteiger partial charge in [-0.1, -0.05) is 6.92 Å². The third kappa shape index (κ3) is 7.19. The van der Waals surface area contributed by atoms with Crippen molar-refractivity contribution >= 4 is 5.97 Å². The van der Waals surface area contributed by atoms with Gasteiger partial charge in [-0.2, -0.15) is 17.6 Å². The van der Waals surface area contributed by atoms with E-state index in [4.69, 9.17) is 0 Å². The number of aromatic nitrogens is 2. The second-order valence-electron chi connectivity index (χ2n) is 4.43. The Morgan fingerprint density at radius 3 is 2.27 bits per heavy atom. The highest BCUT2D eigenvalue weighted by atomic mass is 19.4. The van der Waals surface area contributed by atoms with Crippen molar-refractivity contribution in [3.05, 3.63) is 27.7 Å². The molecule has 1 aromatic rings.